The monoisotopic (exact) mass is 415 g/mol. The fourth-order valence-corrected chi connectivity index (χ4v) is 3.17. The van der Waals surface area contributed by atoms with E-state index < -0.39 is 0 Å². The number of para-hydroxylation sites is 1. The third kappa shape index (κ3) is 4.53. The van der Waals surface area contributed by atoms with Crippen molar-refractivity contribution in [3.8, 4) is 5.75 Å². The second-order valence-corrected chi connectivity index (χ2v) is 6.78. The Balaban J connectivity index is 1.41. The van der Waals surface area contributed by atoms with Crippen molar-refractivity contribution in [1.29, 1.82) is 0 Å². The van der Waals surface area contributed by atoms with E-state index in [1.165, 1.54) is 0 Å². The van der Waals surface area contributed by atoms with Crippen molar-refractivity contribution in [2.45, 2.75) is 6.42 Å². The third-order valence-electron chi connectivity index (χ3n) is 4.79. The van der Waals surface area contributed by atoms with Crippen LogP contribution in [0.1, 0.15) is 26.5 Å². The summed E-state index contributed by atoms with van der Waals surface area (Å²) in [7, 11) is 1.56. The molecule has 0 aliphatic carbocycles. The summed E-state index contributed by atoms with van der Waals surface area (Å²) in [5, 5.41) is 14.0. The van der Waals surface area contributed by atoms with Crippen molar-refractivity contribution in [3.63, 3.8) is 0 Å². The number of amides is 2. The second-order valence-electron chi connectivity index (χ2n) is 6.78. The molecule has 0 saturated heterocycles. The van der Waals surface area contributed by atoms with Gasteiger partial charge in [-0.15, -0.1) is 10.2 Å². The Labute approximate surface area is 178 Å². The van der Waals surface area contributed by atoms with Gasteiger partial charge in [0, 0.05) is 24.7 Å². The van der Waals surface area contributed by atoms with Crippen molar-refractivity contribution in [1.82, 2.24) is 19.9 Å². The first-order valence-corrected chi connectivity index (χ1v) is 9.77. The number of aromatic nitrogens is 3. The highest BCUT2D eigenvalue weighted by Gasteiger charge is 2.14. The minimum absolute atomic E-state index is 0.278. The average molecular weight is 415 g/mol. The smallest absolute Gasteiger partial charge is 0.255 e. The second kappa shape index (κ2) is 9.08. The molecule has 0 aliphatic heterocycles. The molecule has 156 valence electrons. The van der Waals surface area contributed by atoms with Gasteiger partial charge in [-0.25, -0.2) is 0 Å². The number of fused-ring (bicyclic) bond motifs is 1. The maximum absolute atomic E-state index is 12.7. The molecule has 0 atom stereocenters. The van der Waals surface area contributed by atoms with Crippen LogP contribution in [0.3, 0.4) is 0 Å². The van der Waals surface area contributed by atoms with Gasteiger partial charge in [-0.3, -0.25) is 14.0 Å². The summed E-state index contributed by atoms with van der Waals surface area (Å²) in [6, 6.07) is 19.3. The van der Waals surface area contributed by atoms with Gasteiger partial charge in [-0.1, -0.05) is 18.2 Å². The van der Waals surface area contributed by atoms with Gasteiger partial charge in [0.05, 0.1) is 18.4 Å². The van der Waals surface area contributed by atoms with Gasteiger partial charge in [0.1, 0.15) is 11.6 Å². The van der Waals surface area contributed by atoms with Crippen LogP contribution in [-0.2, 0) is 6.42 Å². The molecule has 2 amide bonds. The third-order valence-corrected chi connectivity index (χ3v) is 4.79. The van der Waals surface area contributed by atoms with Crippen LogP contribution in [0.2, 0.25) is 0 Å². The molecule has 4 aromatic rings. The van der Waals surface area contributed by atoms with Crippen LogP contribution in [-0.4, -0.2) is 40.1 Å². The fraction of sp³-hybridized carbons (Fsp3) is 0.130. The minimum Gasteiger partial charge on any atom is -0.497 e. The standard InChI is InChI=1S/C23H21N5O3/c1-31-17-11-9-16(10-12-17)22(29)25-19-7-3-2-6-18(19)23(30)24-14-13-21-27-26-20-8-4-5-15-28(20)21/h2-12,15H,13-14H2,1H3,(H,24,30)(H,25,29). The van der Waals surface area contributed by atoms with Crippen LogP contribution < -0.4 is 15.4 Å². The number of hydrogen-bond donors (Lipinski definition) is 2. The van der Waals surface area contributed by atoms with E-state index in [9.17, 15) is 9.59 Å². The number of ether oxygens (including phenoxy) is 1. The van der Waals surface area contributed by atoms with Crippen LogP contribution >= 0.6 is 0 Å². The Morgan fingerprint density at radius 1 is 0.935 bits per heavy atom. The summed E-state index contributed by atoms with van der Waals surface area (Å²) >= 11 is 0. The fourth-order valence-electron chi connectivity index (χ4n) is 3.17. The normalized spacial score (nSPS) is 10.6. The highest BCUT2D eigenvalue weighted by atomic mass is 16.5. The number of anilines is 1. The van der Waals surface area contributed by atoms with Crippen molar-refractivity contribution in [2.24, 2.45) is 0 Å². The lowest BCUT2D eigenvalue weighted by atomic mass is 10.1. The topological polar surface area (TPSA) is 97.6 Å². The van der Waals surface area contributed by atoms with E-state index in [1.54, 1.807) is 55.6 Å². The van der Waals surface area contributed by atoms with Crippen molar-refractivity contribution >= 4 is 23.1 Å². The van der Waals surface area contributed by atoms with E-state index in [2.05, 4.69) is 20.8 Å². The molecule has 0 aliphatic rings. The van der Waals surface area contributed by atoms with Gasteiger partial charge in [0.2, 0.25) is 0 Å². The lowest BCUT2D eigenvalue weighted by Crippen LogP contribution is -2.27. The number of hydrogen-bond acceptors (Lipinski definition) is 5. The van der Waals surface area contributed by atoms with Crippen molar-refractivity contribution in [2.75, 3.05) is 19.0 Å². The number of nitrogens with zero attached hydrogens (tertiary/aromatic N) is 3. The first-order valence-electron chi connectivity index (χ1n) is 9.77. The lowest BCUT2D eigenvalue weighted by Gasteiger charge is -2.11. The van der Waals surface area contributed by atoms with Crippen LogP contribution in [0.5, 0.6) is 5.75 Å². The maximum Gasteiger partial charge on any atom is 0.255 e. The zero-order chi connectivity index (χ0) is 21.6. The Bertz CT molecular complexity index is 1220. The zero-order valence-corrected chi connectivity index (χ0v) is 16.9. The Morgan fingerprint density at radius 2 is 1.71 bits per heavy atom. The molecule has 0 bridgehead atoms. The van der Waals surface area contributed by atoms with Gasteiger partial charge in [-0.2, -0.15) is 0 Å². The number of nitrogens with one attached hydrogen (secondary N) is 2. The minimum atomic E-state index is -0.308. The summed E-state index contributed by atoms with van der Waals surface area (Å²) < 4.78 is 7.00. The summed E-state index contributed by atoms with van der Waals surface area (Å²) in [5.74, 6) is 0.839. The van der Waals surface area contributed by atoms with Crippen LogP contribution in [0, 0.1) is 0 Å². The quantitative estimate of drug-likeness (QED) is 0.484. The molecular weight excluding hydrogens is 394 g/mol. The molecule has 2 heterocycles. The largest absolute Gasteiger partial charge is 0.497 e. The first-order chi connectivity index (χ1) is 15.2. The van der Waals surface area contributed by atoms with Gasteiger partial charge < -0.3 is 15.4 Å². The van der Waals surface area contributed by atoms with E-state index in [1.807, 2.05) is 28.8 Å². The highest BCUT2D eigenvalue weighted by molar-refractivity contribution is 6.09. The molecule has 0 radical (unpaired) electrons. The molecule has 2 aromatic heterocycles. The average Bonchev–Trinajstić information content (AvgIpc) is 3.22. The van der Waals surface area contributed by atoms with E-state index in [0.29, 0.717) is 35.5 Å². The number of methoxy groups -OCH3 is 1. The van der Waals surface area contributed by atoms with E-state index in [4.69, 9.17) is 4.74 Å². The molecule has 8 heteroatoms. The molecule has 0 spiro atoms. The Kier molecular flexibility index (Phi) is 5.89. The zero-order valence-electron chi connectivity index (χ0n) is 16.9. The van der Waals surface area contributed by atoms with Crippen molar-refractivity contribution in [3.05, 3.63) is 89.9 Å². The van der Waals surface area contributed by atoms with Crippen LogP contribution in [0.4, 0.5) is 5.69 Å². The Hall–Kier alpha value is -4.20. The first kappa shape index (κ1) is 20.1. The van der Waals surface area contributed by atoms with E-state index in [-0.39, 0.29) is 11.8 Å². The molecule has 2 N–H and O–H groups in total. The number of pyridine rings is 1. The van der Waals surface area contributed by atoms with Crippen LogP contribution in [0.25, 0.3) is 5.65 Å². The Morgan fingerprint density at radius 3 is 2.52 bits per heavy atom. The maximum atomic E-state index is 12.7. The summed E-state index contributed by atoms with van der Waals surface area (Å²) in [6.45, 7) is 0.384. The van der Waals surface area contributed by atoms with Gasteiger partial charge in [0.25, 0.3) is 11.8 Å². The molecule has 31 heavy (non-hydrogen) atoms. The van der Waals surface area contributed by atoms with E-state index in [0.717, 1.165) is 11.5 Å². The predicted molar refractivity (Wildman–Crippen MR) is 116 cm³/mol. The highest BCUT2D eigenvalue weighted by Crippen LogP contribution is 2.18. The number of benzene rings is 2. The molecule has 4 rings (SSSR count). The summed E-state index contributed by atoms with van der Waals surface area (Å²) in [4.78, 5) is 25.3. The molecule has 0 unspecified atom stereocenters. The van der Waals surface area contributed by atoms with Gasteiger partial charge >= 0.3 is 0 Å². The molecule has 8 nitrogen and oxygen atoms in total. The summed E-state index contributed by atoms with van der Waals surface area (Å²) in [6.07, 6.45) is 2.41. The molecule has 0 fully saturated rings. The molecule has 2 aromatic carbocycles. The molecular formula is C23H21N5O3. The number of carbonyl (C=O) groups is 2. The van der Waals surface area contributed by atoms with Crippen molar-refractivity contribution < 1.29 is 14.3 Å². The van der Waals surface area contributed by atoms with E-state index >= 15 is 0 Å². The predicted octanol–water partition coefficient (Wildman–Crippen LogP) is 2.96. The lowest BCUT2D eigenvalue weighted by molar-refractivity contribution is 0.0955. The number of carbonyl (C=O) groups excluding carboxylic acids is 2. The summed E-state index contributed by atoms with van der Waals surface area (Å²) in [5.41, 5.74) is 2.05. The molecule has 0 saturated carbocycles. The van der Waals surface area contributed by atoms with Crippen LogP contribution in [0.15, 0.2) is 72.9 Å². The van der Waals surface area contributed by atoms with Gasteiger partial charge in [-0.05, 0) is 48.5 Å². The van der Waals surface area contributed by atoms with Gasteiger partial charge in [0.15, 0.2) is 5.65 Å². The number of rotatable bonds is 7. The SMILES string of the molecule is COc1ccc(C(=O)Nc2ccccc2C(=O)NCCc2nnc3ccccn23)cc1.